The molecule has 0 radical (unpaired) electrons. The van der Waals surface area contributed by atoms with Crippen molar-refractivity contribution in [3.8, 4) is 22.5 Å². The van der Waals surface area contributed by atoms with Crippen molar-refractivity contribution < 1.29 is 14.3 Å². The third-order valence-electron chi connectivity index (χ3n) is 4.38. The molecule has 0 unspecified atom stereocenters. The van der Waals surface area contributed by atoms with Crippen LogP contribution < -0.4 is 10.6 Å². The van der Waals surface area contributed by atoms with Gasteiger partial charge in [0.25, 0.3) is 11.8 Å². The van der Waals surface area contributed by atoms with Crippen LogP contribution in [0, 0.1) is 0 Å². The third kappa shape index (κ3) is 6.92. The van der Waals surface area contributed by atoms with Crippen molar-refractivity contribution >= 4 is 91.2 Å². The van der Waals surface area contributed by atoms with Gasteiger partial charge in [-0.15, -0.1) is 22.7 Å². The molecule has 35 heavy (non-hydrogen) atoms. The van der Waals surface area contributed by atoms with Gasteiger partial charge in [0.2, 0.25) is 0 Å². The highest BCUT2D eigenvalue weighted by atomic mass is 35.5. The number of halogens is 4. The number of thiazole rings is 2. The molecule has 0 fully saturated rings. The van der Waals surface area contributed by atoms with Crippen molar-refractivity contribution in [3.05, 3.63) is 67.2 Å². The molecule has 0 spiro atoms. The molecule has 180 valence electrons. The topological polar surface area (TPSA) is 93.2 Å². The van der Waals surface area contributed by atoms with Gasteiger partial charge in [0.15, 0.2) is 10.3 Å². The Balaban J connectivity index is 1.24. The summed E-state index contributed by atoms with van der Waals surface area (Å²) >= 11 is 26.7. The number of ether oxygens (including phenoxy) is 1. The average Bonchev–Trinajstić information content (AvgIpc) is 3.43. The number of benzene rings is 2. The molecule has 4 aromatic rings. The maximum absolute atomic E-state index is 12.1. The molecular formula is C22H14Cl4N4O3S2. The molecule has 0 aliphatic heterocycles. The van der Waals surface area contributed by atoms with Gasteiger partial charge in [-0.25, -0.2) is 9.97 Å². The minimum atomic E-state index is -0.449. The van der Waals surface area contributed by atoms with Crippen LogP contribution in [0.1, 0.15) is 0 Å². The quantitative estimate of drug-likeness (QED) is 0.228. The Morgan fingerprint density at radius 2 is 1.17 bits per heavy atom. The van der Waals surface area contributed by atoms with E-state index in [1.54, 1.807) is 47.2 Å². The molecular weight excluding hydrogens is 574 g/mol. The number of carbonyl (C=O) groups is 2. The zero-order valence-corrected chi connectivity index (χ0v) is 22.1. The van der Waals surface area contributed by atoms with Gasteiger partial charge in [-0.1, -0.05) is 46.4 Å². The van der Waals surface area contributed by atoms with Crippen molar-refractivity contribution in [1.29, 1.82) is 0 Å². The largest absolute Gasteiger partial charge is 0.362 e. The predicted molar refractivity (Wildman–Crippen MR) is 143 cm³/mol. The number of carbonyl (C=O) groups excluding carboxylic acids is 2. The van der Waals surface area contributed by atoms with Gasteiger partial charge in [0.05, 0.1) is 21.4 Å². The molecule has 0 saturated carbocycles. The van der Waals surface area contributed by atoms with Crippen LogP contribution in [0.4, 0.5) is 10.3 Å². The Morgan fingerprint density at radius 1 is 0.743 bits per heavy atom. The lowest BCUT2D eigenvalue weighted by Crippen LogP contribution is -2.23. The molecule has 13 heteroatoms. The predicted octanol–water partition coefficient (Wildman–Crippen LogP) is 7.14. The van der Waals surface area contributed by atoms with Crippen molar-refractivity contribution in [2.75, 3.05) is 23.8 Å². The van der Waals surface area contributed by atoms with Gasteiger partial charge in [-0.05, 0) is 36.4 Å². The number of nitrogens with one attached hydrogen (secondary N) is 2. The van der Waals surface area contributed by atoms with Crippen LogP contribution in [0.2, 0.25) is 20.1 Å². The maximum Gasteiger partial charge on any atom is 0.252 e. The third-order valence-corrected chi connectivity index (χ3v) is 6.99. The number of amides is 2. The van der Waals surface area contributed by atoms with Crippen LogP contribution in [0.5, 0.6) is 0 Å². The minimum Gasteiger partial charge on any atom is -0.362 e. The number of hydrogen-bond acceptors (Lipinski definition) is 7. The molecule has 2 heterocycles. The highest BCUT2D eigenvalue weighted by molar-refractivity contribution is 7.14. The Hall–Kier alpha value is -2.24. The molecule has 4 rings (SSSR count). The molecule has 2 N–H and O–H groups in total. The van der Waals surface area contributed by atoms with E-state index in [-0.39, 0.29) is 13.2 Å². The van der Waals surface area contributed by atoms with E-state index in [4.69, 9.17) is 51.1 Å². The molecule has 2 aromatic carbocycles. The first-order valence-electron chi connectivity index (χ1n) is 9.78. The standard InChI is InChI=1S/C22H14Cl4N4O3S2/c23-11-1-3-13(15(25)5-11)17-9-34-21(27-17)29-19(31)7-33-8-20(32)30-22-28-18(10-35-22)14-4-2-12(24)6-16(14)26/h1-6,9-10H,7-8H2,(H,27,29,31)(H,28,30,32). The highest BCUT2D eigenvalue weighted by Gasteiger charge is 2.13. The summed E-state index contributed by atoms with van der Waals surface area (Å²) in [6, 6.07) is 10.2. The number of hydrogen-bond donors (Lipinski definition) is 2. The average molecular weight is 588 g/mol. The molecule has 2 amide bonds. The summed E-state index contributed by atoms with van der Waals surface area (Å²) in [5, 5.41) is 11.5. The molecule has 0 saturated heterocycles. The Labute approximate surface area is 228 Å². The summed E-state index contributed by atoms with van der Waals surface area (Å²) in [6.45, 7) is -0.652. The van der Waals surface area contributed by atoms with Crippen LogP contribution in [0.15, 0.2) is 47.2 Å². The number of rotatable bonds is 8. The first kappa shape index (κ1) is 25.8. The minimum absolute atomic E-state index is 0.326. The van der Waals surface area contributed by atoms with E-state index in [1.807, 2.05) is 0 Å². The summed E-state index contributed by atoms with van der Waals surface area (Å²) < 4.78 is 5.21. The lowest BCUT2D eigenvalue weighted by atomic mass is 10.2. The number of nitrogens with zero attached hydrogens (tertiary/aromatic N) is 2. The van der Waals surface area contributed by atoms with E-state index in [9.17, 15) is 9.59 Å². The fourth-order valence-corrected chi connectivity index (χ4v) is 5.32. The van der Waals surface area contributed by atoms with Crippen LogP contribution in [0.25, 0.3) is 22.5 Å². The second-order valence-electron chi connectivity index (χ2n) is 6.91. The van der Waals surface area contributed by atoms with Crippen LogP contribution >= 0.6 is 69.1 Å². The van der Waals surface area contributed by atoms with Crippen molar-refractivity contribution in [1.82, 2.24) is 9.97 Å². The molecule has 2 aromatic heterocycles. The maximum atomic E-state index is 12.1. The van der Waals surface area contributed by atoms with Crippen LogP contribution in [0.3, 0.4) is 0 Å². The second kappa shape index (κ2) is 11.7. The normalized spacial score (nSPS) is 10.9. The van der Waals surface area contributed by atoms with Gasteiger partial charge < -0.3 is 4.74 Å². The van der Waals surface area contributed by atoms with E-state index in [1.165, 1.54) is 22.7 Å². The second-order valence-corrected chi connectivity index (χ2v) is 10.3. The van der Waals surface area contributed by atoms with Gasteiger partial charge in [-0.3, -0.25) is 20.2 Å². The number of aromatic nitrogens is 2. The zero-order chi connectivity index (χ0) is 24.9. The Morgan fingerprint density at radius 3 is 1.57 bits per heavy atom. The van der Waals surface area contributed by atoms with E-state index in [0.717, 1.165) is 0 Å². The molecule has 0 aliphatic carbocycles. The fraction of sp³-hybridized carbons (Fsp3) is 0.0909. The van der Waals surface area contributed by atoms with E-state index >= 15 is 0 Å². The smallest absolute Gasteiger partial charge is 0.252 e. The summed E-state index contributed by atoms with van der Waals surface area (Å²) in [7, 11) is 0. The zero-order valence-electron chi connectivity index (χ0n) is 17.5. The summed E-state index contributed by atoms with van der Waals surface area (Å²) in [5.41, 5.74) is 2.61. The fourth-order valence-electron chi connectivity index (χ4n) is 2.85. The first-order valence-corrected chi connectivity index (χ1v) is 13.0. The lowest BCUT2D eigenvalue weighted by molar-refractivity contribution is -0.125. The SMILES string of the molecule is O=C(COCC(=O)Nc1nc(-c2ccc(Cl)cc2Cl)cs1)Nc1nc(-c2ccc(Cl)cc2Cl)cs1. The van der Waals surface area contributed by atoms with Crippen LogP contribution in [-0.4, -0.2) is 35.0 Å². The highest BCUT2D eigenvalue weighted by Crippen LogP contribution is 2.33. The first-order chi connectivity index (χ1) is 16.8. The Kier molecular flexibility index (Phi) is 8.61. The van der Waals surface area contributed by atoms with Gasteiger partial charge >= 0.3 is 0 Å². The van der Waals surface area contributed by atoms with E-state index in [2.05, 4.69) is 20.6 Å². The van der Waals surface area contributed by atoms with Gasteiger partial charge in [-0.2, -0.15) is 0 Å². The molecule has 0 bridgehead atoms. The Bertz CT molecular complexity index is 1290. The van der Waals surface area contributed by atoms with Crippen LogP contribution in [-0.2, 0) is 14.3 Å². The van der Waals surface area contributed by atoms with E-state index in [0.29, 0.717) is 52.9 Å². The summed E-state index contributed by atoms with van der Waals surface area (Å²) in [4.78, 5) is 33.0. The summed E-state index contributed by atoms with van der Waals surface area (Å²) in [6.07, 6.45) is 0. The van der Waals surface area contributed by atoms with Gasteiger partial charge in [0, 0.05) is 31.9 Å². The number of anilines is 2. The molecule has 7 nitrogen and oxygen atoms in total. The molecule has 0 aliphatic rings. The monoisotopic (exact) mass is 586 g/mol. The van der Waals surface area contributed by atoms with Crippen molar-refractivity contribution in [2.45, 2.75) is 0 Å². The summed E-state index contributed by atoms with van der Waals surface area (Å²) in [5.74, 6) is -0.898. The molecule has 0 atom stereocenters. The van der Waals surface area contributed by atoms with Crippen molar-refractivity contribution in [2.24, 2.45) is 0 Å². The van der Waals surface area contributed by atoms with Crippen molar-refractivity contribution in [3.63, 3.8) is 0 Å². The lowest BCUT2D eigenvalue weighted by Gasteiger charge is -2.05. The van der Waals surface area contributed by atoms with Gasteiger partial charge in [0.1, 0.15) is 13.2 Å². The van der Waals surface area contributed by atoms with E-state index < -0.39 is 11.8 Å².